The average Bonchev–Trinajstić information content (AvgIpc) is 3.16. The predicted octanol–water partition coefficient (Wildman–Crippen LogP) is 4.22. The van der Waals surface area contributed by atoms with E-state index in [-0.39, 0.29) is 5.69 Å². The van der Waals surface area contributed by atoms with Crippen LogP contribution in [0.3, 0.4) is 0 Å². The van der Waals surface area contributed by atoms with Gasteiger partial charge < -0.3 is 9.12 Å². The summed E-state index contributed by atoms with van der Waals surface area (Å²) in [5.41, 5.74) is 1.64. The molecule has 0 saturated heterocycles. The number of benzene rings is 1. The molecule has 0 radical (unpaired) electrons. The molecule has 2 aromatic heterocycles. The van der Waals surface area contributed by atoms with Crippen LogP contribution in [-0.2, 0) is 18.4 Å². The zero-order valence-electron chi connectivity index (χ0n) is 13.2. The fourth-order valence-corrected chi connectivity index (χ4v) is 4.64. The molecule has 0 aliphatic rings. The molecule has 130 valence electrons. The first kappa shape index (κ1) is 18.3. The normalized spacial score (nSPS) is 12.2. The predicted molar refractivity (Wildman–Crippen MR) is 102 cm³/mol. The van der Waals surface area contributed by atoms with Gasteiger partial charge in [0, 0.05) is 24.4 Å². The van der Waals surface area contributed by atoms with Crippen LogP contribution in [0.4, 0.5) is 0 Å². The van der Waals surface area contributed by atoms with E-state index < -0.39 is 17.3 Å². The van der Waals surface area contributed by atoms with Crippen molar-refractivity contribution in [3.8, 4) is 11.4 Å². The molecule has 3 rings (SSSR count). The van der Waals surface area contributed by atoms with Crippen molar-refractivity contribution in [3.63, 3.8) is 0 Å². The number of aryl methyl sites for hydroxylation is 2. The number of thiophene rings is 1. The summed E-state index contributed by atoms with van der Waals surface area (Å²) in [5.74, 6) is -0.0260. The number of hydrogen-bond acceptors (Lipinski definition) is 4. The Balaban J connectivity index is 1.86. The zero-order valence-corrected chi connectivity index (χ0v) is 16.4. The van der Waals surface area contributed by atoms with Gasteiger partial charge in [0.15, 0.2) is 5.69 Å². The number of halogens is 2. The van der Waals surface area contributed by atoms with Gasteiger partial charge in [-0.25, -0.2) is 4.98 Å². The highest BCUT2D eigenvalue weighted by Gasteiger charge is 2.23. The first-order valence-electron chi connectivity index (χ1n) is 7.13. The highest BCUT2D eigenvalue weighted by molar-refractivity contribution is 7.92. The quantitative estimate of drug-likeness (QED) is 0.650. The Morgan fingerprint density at radius 3 is 2.80 bits per heavy atom. The van der Waals surface area contributed by atoms with Crippen LogP contribution in [0.25, 0.3) is 11.4 Å². The van der Waals surface area contributed by atoms with E-state index in [1.54, 1.807) is 36.0 Å². The summed E-state index contributed by atoms with van der Waals surface area (Å²) in [6, 6.07) is 7.05. The second-order valence-electron chi connectivity index (χ2n) is 5.25. The number of amides is 1. The van der Waals surface area contributed by atoms with Crippen LogP contribution in [0.15, 0.2) is 40.1 Å². The number of imidazole rings is 1. The summed E-state index contributed by atoms with van der Waals surface area (Å²) in [4.78, 5) is 16.7. The molecule has 1 unspecified atom stereocenters. The van der Waals surface area contributed by atoms with Crippen molar-refractivity contribution in [1.82, 2.24) is 14.3 Å². The van der Waals surface area contributed by atoms with Crippen LogP contribution in [0.1, 0.15) is 16.1 Å². The van der Waals surface area contributed by atoms with Crippen molar-refractivity contribution in [2.75, 3.05) is 0 Å². The van der Waals surface area contributed by atoms with Gasteiger partial charge in [0.2, 0.25) is 4.21 Å². The Hall–Kier alpha value is -1.51. The zero-order chi connectivity index (χ0) is 18.1. The van der Waals surface area contributed by atoms with Crippen molar-refractivity contribution >= 4 is 51.8 Å². The molecule has 0 aliphatic carbocycles. The van der Waals surface area contributed by atoms with Crippen molar-refractivity contribution in [1.29, 1.82) is 0 Å². The molecule has 1 N–H and O–H groups in total. The number of rotatable bonds is 4. The second kappa shape index (κ2) is 7.39. The maximum absolute atomic E-state index is 12.4. The first-order valence-corrected chi connectivity index (χ1v) is 9.91. The van der Waals surface area contributed by atoms with Gasteiger partial charge in [0.05, 0.1) is 10.0 Å². The molecule has 3 aromatic rings. The van der Waals surface area contributed by atoms with Crippen LogP contribution < -0.4 is 4.72 Å². The van der Waals surface area contributed by atoms with E-state index in [0.29, 0.717) is 25.6 Å². The molecule has 0 saturated carbocycles. The van der Waals surface area contributed by atoms with Gasteiger partial charge >= 0.3 is 5.91 Å². The smallest absolute Gasteiger partial charge is 0.312 e. The average molecular weight is 414 g/mol. The largest absolute Gasteiger partial charge is 0.587 e. The minimum Gasteiger partial charge on any atom is -0.587 e. The number of hydrogen-bond donors (Lipinski definition) is 1. The van der Waals surface area contributed by atoms with Crippen molar-refractivity contribution in [3.05, 3.63) is 57.1 Å². The number of nitrogens with one attached hydrogen (secondary N) is 1. The highest BCUT2D eigenvalue weighted by Crippen LogP contribution is 2.32. The minimum absolute atomic E-state index is 0.149. The van der Waals surface area contributed by atoms with Crippen LogP contribution >= 0.6 is 34.5 Å². The number of nitrogens with zero attached hydrogens (tertiary/aromatic N) is 2. The summed E-state index contributed by atoms with van der Waals surface area (Å²) >= 11 is 12.0. The topological polar surface area (TPSA) is 70.0 Å². The third-order valence-electron chi connectivity index (χ3n) is 3.47. The summed E-state index contributed by atoms with van der Waals surface area (Å²) in [6.07, 6.45) is 1.56. The Bertz CT molecular complexity index is 939. The standard InChI is InChI=1S/C16H13Cl2N3O2S2/c1-9-6-7-24-16(9)25(23)20-15(22)12-8-21(2)14(19-12)10-4-3-5-11(17)13(10)18/h3-8H,1-2H3,(H,20,22). The Morgan fingerprint density at radius 1 is 1.36 bits per heavy atom. The fourth-order valence-electron chi connectivity index (χ4n) is 2.23. The molecule has 9 heteroatoms. The van der Waals surface area contributed by atoms with Gasteiger partial charge in [-0.1, -0.05) is 40.6 Å². The van der Waals surface area contributed by atoms with Gasteiger partial charge in [-0.05, 0) is 30.5 Å². The van der Waals surface area contributed by atoms with E-state index in [9.17, 15) is 9.35 Å². The van der Waals surface area contributed by atoms with Gasteiger partial charge in [-0.2, -0.15) is 4.72 Å². The van der Waals surface area contributed by atoms with E-state index >= 15 is 0 Å². The van der Waals surface area contributed by atoms with Crippen LogP contribution in [0.5, 0.6) is 0 Å². The summed E-state index contributed by atoms with van der Waals surface area (Å²) in [6.45, 7) is 1.84. The lowest BCUT2D eigenvalue weighted by molar-refractivity contribution is 0.0977. The molecule has 1 atom stereocenters. The summed E-state index contributed by atoms with van der Waals surface area (Å²) in [7, 11) is 1.75. The molecule has 1 aromatic carbocycles. The minimum atomic E-state index is -1.62. The lowest BCUT2D eigenvalue weighted by Crippen LogP contribution is -2.30. The molecule has 0 bridgehead atoms. The SMILES string of the molecule is Cc1ccsc1[S+]([O-])NC(=O)c1cn(C)c(-c2cccc(Cl)c2Cl)n1. The van der Waals surface area contributed by atoms with Gasteiger partial charge in [-0.15, -0.1) is 0 Å². The van der Waals surface area contributed by atoms with Crippen LogP contribution in [-0.4, -0.2) is 20.0 Å². The third kappa shape index (κ3) is 3.70. The number of carbonyl (C=O) groups excluding carboxylic acids is 1. The second-order valence-corrected chi connectivity index (χ2v) is 8.36. The molecule has 0 spiro atoms. The monoisotopic (exact) mass is 413 g/mol. The van der Waals surface area contributed by atoms with E-state index in [1.165, 1.54) is 11.3 Å². The van der Waals surface area contributed by atoms with Crippen molar-refractivity contribution in [2.24, 2.45) is 7.05 Å². The van der Waals surface area contributed by atoms with Gasteiger partial charge in [0.25, 0.3) is 0 Å². The Kier molecular flexibility index (Phi) is 5.41. The molecule has 0 aliphatic heterocycles. The molecular formula is C16H13Cl2N3O2S2. The molecular weight excluding hydrogens is 401 g/mol. The van der Waals surface area contributed by atoms with Gasteiger partial charge in [-0.3, -0.25) is 4.79 Å². The maximum atomic E-state index is 12.4. The Morgan fingerprint density at radius 2 is 2.12 bits per heavy atom. The first-order chi connectivity index (χ1) is 11.9. The molecule has 25 heavy (non-hydrogen) atoms. The van der Waals surface area contributed by atoms with E-state index in [1.807, 2.05) is 18.4 Å². The summed E-state index contributed by atoms with van der Waals surface area (Å²) in [5, 5.41) is 2.60. The maximum Gasteiger partial charge on any atom is 0.312 e. The number of carbonyl (C=O) groups is 1. The summed E-state index contributed by atoms with van der Waals surface area (Å²) < 4.78 is 17.0. The van der Waals surface area contributed by atoms with E-state index in [4.69, 9.17) is 23.2 Å². The third-order valence-corrected chi connectivity index (χ3v) is 6.87. The lowest BCUT2D eigenvalue weighted by atomic mass is 10.2. The molecule has 1 amide bonds. The van der Waals surface area contributed by atoms with Gasteiger partial charge in [0.1, 0.15) is 17.2 Å². The highest BCUT2D eigenvalue weighted by atomic mass is 35.5. The Labute approximate surface area is 161 Å². The van der Waals surface area contributed by atoms with E-state index in [0.717, 1.165) is 5.56 Å². The van der Waals surface area contributed by atoms with Crippen molar-refractivity contribution in [2.45, 2.75) is 11.1 Å². The van der Waals surface area contributed by atoms with Crippen molar-refractivity contribution < 1.29 is 9.35 Å². The lowest BCUT2D eigenvalue weighted by Gasteiger charge is -2.08. The molecule has 0 fully saturated rings. The van der Waals surface area contributed by atoms with Crippen LogP contribution in [0.2, 0.25) is 10.0 Å². The number of aromatic nitrogens is 2. The fraction of sp³-hybridized carbons (Fsp3) is 0.125. The molecule has 5 nitrogen and oxygen atoms in total. The molecule has 2 heterocycles. The van der Waals surface area contributed by atoms with Crippen LogP contribution in [0, 0.1) is 6.92 Å². The van der Waals surface area contributed by atoms with E-state index in [2.05, 4.69) is 9.71 Å².